The van der Waals surface area contributed by atoms with Crippen LogP contribution in [0.4, 0.5) is 0 Å². The van der Waals surface area contributed by atoms with Crippen molar-refractivity contribution in [3.05, 3.63) is 0 Å². The summed E-state index contributed by atoms with van der Waals surface area (Å²) in [6.07, 6.45) is 7.42. The molecule has 2 aliphatic rings. The van der Waals surface area contributed by atoms with Gasteiger partial charge in [0.05, 0.1) is 25.9 Å². The molecule has 0 bridgehead atoms. The fourth-order valence-electron chi connectivity index (χ4n) is 3.31. The molecule has 0 spiro atoms. The van der Waals surface area contributed by atoms with Crippen LogP contribution in [-0.4, -0.2) is 49.2 Å². The molecule has 2 atom stereocenters. The number of aliphatic hydroxyl groups excluding tert-OH is 1. The van der Waals surface area contributed by atoms with Crippen LogP contribution in [0.15, 0.2) is 0 Å². The molecule has 2 rings (SSSR count). The minimum absolute atomic E-state index is 0.0288. The van der Waals surface area contributed by atoms with Gasteiger partial charge in [-0.25, -0.2) is 0 Å². The van der Waals surface area contributed by atoms with Crippen LogP contribution in [-0.2, 0) is 9.47 Å². The first kappa shape index (κ1) is 16.2. The zero-order valence-corrected chi connectivity index (χ0v) is 13.1. The molecule has 0 aromatic heterocycles. The van der Waals surface area contributed by atoms with Crippen molar-refractivity contribution in [2.45, 2.75) is 70.1 Å². The van der Waals surface area contributed by atoms with Gasteiger partial charge in [-0.05, 0) is 51.9 Å². The highest BCUT2D eigenvalue weighted by Crippen LogP contribution is 2.40. The van der Waals surface area contributed by atoms with Gasteiger partial charge in [-0.15, -0.1) is 0 Å². The number of rotatable bonds is 10. The Balaban J connectivity index is 1.65. The van der Waals surface area contributed by atoms with Crippen LogP contribution in [0, 0.1) is 5.92 Å². The van der Waals surface area contributed by atoms with E-state index >= 15 is 0 Å². The molecule has 2 N–H and O–H groups in total. The Labute approximate surface area is 123 Å². The van der Waals surface area contributed by atoms with E-state index in [0.717, 1.165) is 19.4 Å². The predicted octanol–water partition coefficient (Wildman–Crippen LogP) is 2.10. The highest BCUT2D eigenvalue weighted by atomic mass is 16.5. The van der Waals surface area contributed by atoms with Gasteiger partial charge >= 0.3 is 0 Å². The van der Waals surface area contributed by atoms with Crippen LogP contribution in [0.3, 0.4) is 0 Å². The van der Waals surface area contributed by atoms with Crippen molar-refractivity contribution in [3.8, 4) is 0 Å². The molecule has 0 aromatic rings. The minimum atomic E-state index is -0.0288. The number of hydrogen-bond donors (Lipinski definition) is 2. The fraction of sp³-hybridized carbons (Fsp3) is 1.00. The van der Waals surface area contributed by atoms with Crippen molar-refractivity contribution in [1.29, 1.82) is 0 Å². The molecule has 2 fully saturated rings. The van der Waals surface area contributed by atoms with Gasteiger partial charge in [0.15, 0.2) is 0 Å². The number of nitrogens with one attached hydrogen (secondary N) is 1. The highest BCUT2D eigenvalue weighted by molar-refractivity contribution is 5.02. The first-order valence-corrected chi connectivity index (χ1v) is 8.24. The first-order valence-electron chi connectivity index (χ1n) is 8.24. The summed E-state index contributed by atoms with van der Waals surface area (Å²) in [5.74, 6) is 0.555. The second kappa shape index (κ2) is 7.74. The van der Waals surface area contributed by atoms with Crippen molar-refractivity contribution in [1.82, 2.24) is 5.32 Å². The molecule has 4 heteroatoms. The van der Waals surface area contributed by atoms with Gasteiger partial charge in [0, 0.05) is 18.2 Å². The Morgan fingerprint density at radius 2 is 2.00 bits per heavy atom. The highest BCUT2D eigenvalue weighted by Gasteiger charge is 2.44. The van der Waals surface area contributed by atoms with Crippen molar-refractivity contribution >= 4 is 0 Å². The van der Waals surface area contributed by atoms with E-state index in [0.29, 0.717) is 25.2 Å². The summed E-state index contributed by atoms with van der Waals surface area (Å²) >= 11 is 0. The summed E-state index contributed by atoms with van der Waals surface area (Å²) in [6, 6.07) is 0.656. The van der Waals surface area contributed by atoms with E-state index in [1.165, 1.54) is 25.7 Å². The molecule has 118 valence electrons. The Morgan fingerprint density at radius 3 is 2.65 bits per heavy atom. The normalized spacial score (nSPS) is 30.3. The molecular formula is C16H31NO3. The van der Waals surface area contributed by atoms with Crippen LogP contribution >= 0.6 is 0 Å². The lowest BCUT2D eigenvalue weighted by atomic mass is 9.85. The Bertz CT molecular complexity index is 281. The molecular weight excluding hydrogens is 254 g/mol. The monoisotopic (exact) mass is 285 g/mol. The van der Waals surface area contributed by atoms with Crippen molar-refractivity contribution in [3.63, 3.8) is 0 Å². The third-order valence-electron chi connectivity index (χ3n) is 4.60. The number of hydrogen-bond acceptors (Lipinski definition) is 4. The van der Waals surface area contributed by atoms with E-state index in [4.69, 9.17) is 9.47 Å². The smallest absolute Gasteiger partial charge is 0.0703 e. The maximum atomic E-state index is 9.84. The lowest BCUT2D eigenvalue weighted by Crippen LogP contribution is -2.52. The van der Waals surface area contributed by atoms with Gasteiger partial charge in [0.25, 0.3) is 0 Å². The molecule has 0 heterocycles. The van der Waals surface area contributed by atoms with Gasteiger partial charge in [0.2, 0.25) is 0 Å². The molecule has 0 radical (unpaired) electrons. The van der Waals surface area contributed by atoms with E-state index in [9.17, 15) is 5.11 Å². The zero-order chi connectivity index (χ0) is 14.4. The number of ether oxygens (including phenoxy) is 2. The predicted molar refractivity (Wildman–Crippen MR) is 79.8 cm³/mol. The van der Waals surface area contributed by atoms with Gasteiger partial charge in [-0.2, -0.15) is 0 Å². The van der Waals surface area contributed by atoms with E-state index in [-0.39, 0.29) is 18.2 Å². The summed E-state index contributed by atoms with van der Waals surface area (Å²) in [6.45, 7) is 6.47. The second-order valence-corrected chi connectivity index (χ2v) is 6.64. The third kappa shape index (κ3) is 4.69. The standard InChI is InChI=1S/C16H31NO3/c1-13(2)20-11-10-19-9-7-14-4-3-8-16(14,12-18)17-15-5-6-15/h13-15,17-18H,3-12H2,1-2H3. The Kier molecular flexibility index (Phi) is 6.27. The topological polar surface area (TPSA) is 50.7 Å². The average Bonchev–Trinajstić information content (AvgIpc) is 3.14. The third-order valence-corrected chi connectivity index (χ3v) is 4.60. The quantitative estimate of drug-likeness (QED) is 0.604. The summed E-state index contributed by atoms with van der Waals surface area (Å²) in [5, 5.41) is 13.5. The largest absolute Gasteiger partial charge is 0.394 e. The zero-order valence-electron chi connectivity index (χ0n) is 13.1. The van der Waals surface area contributed by atoms with Gasteiger partial charge in [-0.1, -0.05) is 6.42 Å². The molecule has 2 saturated carbocycles. The summed E-state index contributed by atoms with van der Waals surface area (Å²) in [5.41, 5.74) is -0.0288. The molecule has 2 aliphatic carbocycles. The maximum absolute atomic E-state index is 9.84. The van der Waals surface area contributed by atoms with Crippen molar-refractivity contribution in [2.75, 3.05) is 26.4 Å². The summed E-state index contributed by atoms with van der Waals surface area (Å²) in [4.78, 5) is 0. The average molecular weight is 285 g/mol. The molecule has 0 amide bonds. The first-order chi connectivity index (χ1) is 9.66. The summed E-state index contributed by atoms with van der Waals surface area (Å²) in [7, 11) is 0. The second-order valence-electron chi connectivity index (χ2n) is 6.64. The summed E-state index contributed by atoms with van der Waals surface area (Å²) < 4.78 is 11.1. The molecule has 0 saturated heterocycles. The van der Waals surface area contributed by atoms with Gasteiger partial charge in [0.1, 0.15) is 0 Å². The molecule has 20 heavy (non-hydrogen) atoms. The molecule has 0 aliphatic heterocycles. The van der Waals surface area contributed by atoms with E-state index in [2.05, 4.69) is 5.32 Å². The SMILES string of the molecule is CC(C)OCCOCCC1CCCC1(CO)NC1CC1. The van der Waals surface area contributed by atoms with E-state index in [1.54, 1.807) is 0 Å². The van der Waals surface area contributed by atoms with Crippen molar-refractivity contribution < 1.29 is 14.6 Å². The van der Waals surface area contributed by atoms with Gasteiger partial charge in [-0.3, -0.25) is 0 Å². The van der Waals surface area contributed by atoms with Gasteiger partial charge < -0.3 is 19.9 Å². The van der Waals surface area contributed by atoms with Crippen molar-refractivity contribution in [2.24, 2.45) is 5.92 Å². The van der Waals surface area contributed by atoms with Crippen LogP contribution < -0.4 is 5.32 Å². The fourth-order valence-corrected chi connectivity index (χ4v) is 3.31. The maximum Gasteiger partial charge on any atom is 0.0703 e. The minimum Gasteiger partial charge on any atom is -0.394 e. The van der Waals surface area contributed by atoms with Crippen LogP contribution in [0.5, 0.6) is 0 Å². The Morgan fingerprint density at radius 1 is 1.20 bits per heavy atom. The van der Waals surface area contributed by atoms with Crippen LogP contribution in [0.2, 0.25) is 0 Å². The van der Waals surface area contributed by atoms with Crippen LogP contribution in [0.1, 0.15) is 52.4 Å². The molecule has 2 unspecified atom stereocenters. The lowest BCUT2D eigenvalue weighted by molar-refractivity contribution is 0.0117. The number of aliphatic hydroxyl groups is 1. The van der Waals surface area contributed by atoms with E-state index < -0.39 is 0 Å². The van der Waals surface area contributed by atoms with E-state index in [1.807, 2.05) is 13.8 Å². The molecule has 4 nitrogen and oxygen atoms in total. The molecule has 0 aromatic carbocycles. The Hall–Kier alpha value is -0.160. The lowest BCUT2D eigenvalue weighted by Gasteiger charge is -2.35. The van der Waals surface area contributed by atoms with Crippen LogP contribution in [0.25, 0.3) is 0 Å².